The molecule has 0 atom stereocenters. The summed E-state index contributed by atoms with van der Waals surface area (Å²) < 4.78 is 10.1. The SMILES string of the molecule is CCOC(=O)/C(Br)=C/c1ccco1. The van der Waals surface area contributed by atoms with Crippen molar-refractivity contribution in [3.8, 4) is 0 Å². The summed E-state index contributed by atoms with van der Waals surface area (Å²) in [6.07, 6.45) is 3.11. The van der Waals surface area contributed by atoms with Gasteiger partial charge in [0.1, 0.15) is 10.2 Å². The molecule has 3 nitrogen and oxygen atoms in total. The summed E-state index contributed by atoms with van der Waals surface area (Å²) >= 11 is 3.09. The third-order valence-electron chi connectivity index (χ3n) is 1.28. The van der Waals surface area contributed by atoms with E-state index >= 15 is 0 Å². The summed E-state index contributed by atoms with van der Waals surface area (Å²) in [7, 11) is 0. The summed E-state index contributed by atoms with van der Waals surface area (Å²) in [6.45, 7) is 2.12. The Morgan fingerprint density at radius 1 is 1.77 bits per heavy atom. The molecule has 0 aliphatic carbocycles. The lowest BCUT2D eigenvalue weighted by Crippen LogP contribution is -2.02. The van der Waals surface area contributed by atoms with Crippen LogP contribution in [-0.2, 0) is 9.53 Å². The fraction of sp³-hybridized carbons (Fsp3) is 0.222. The Kier molecular flexibility index (Phi) is 3.76. The van der Waals surface area contributed by atoms with Crippen LogP contribution in [0, 0.1) is 0 Å². The molecule has 0 bridgehead atoms. The van der Waals surface area contributed by atoms with Gasteiger partial charge in [0.15, 0.2) is 0 Å². The molecule has 0 fully saturated rings. The van der Waals surface area contributed by atoms with Gasteiger partial charge < -0.3 is 9.15 Å². The van der Waals surface area contributed by atoms with E-state index < -0.39 is 0 Å². The van der Waals surface area contributed by atoms with Crippen LogP contribution in [0.2, 0.25) is 0 Å². The first-order valence-electron chi connectivity index (χ1n) is 3.82. The molecule has 1 aromatic rings. The molecule has 1 aromatic heterocycles. The minimum atomic E-state index is -0.390. The van der Waals surface area contributed by atoms with Crippen LogP contribution in [-0.4, -0.2) is 12.6 Å². The van der Waals surface area contributed by atoms with Crippen LogP contribution >= 0.6 is 15.9 Å². The van der Waals surface area contributed by atoms with Gasteiger partial charge in [-0.3, -0.25) is 0 Å². The Morgan fingerprint density at radius 2 is 2.54 bits per heavy atom. The van der Waals surface area contributed by atoms with Gasteiger partial charge >= 0.3 is 5.97 Å². The Morgan fingerprint density at radius 3 is 3.08 bits per heavy atom. The van der Waals surface area contributed by atoms with Gasteiger partial charge in [0.2, 0.25) is 0 Å². The second-order valence-corrected chi connectivity index (χ2v) is 3.08. The molecule has 0 saturated heterocycles. The van der Waals surface area contributed by atoms with Crippen molar-refractivity contribution in [3.63, 3.8) is 0 Å². The van der Waals surface area contributed by atoms with E-state index in [1.165, 1.54) is 6.26 Å². The molecule has 0 spiro atoms. The van der Waals surface area contributed by atoms with E-state index in [2.05, 4.69) is 15.9 Å². The van der Waals surface area contributed by atoms with Crippen LogP contribution in [0.25, 0.3) is 6.08 Å². The molecule has 0 saturated carbocycles. The summed E-state index contributed by atoms with van der Waals surface area (Å²) in [6, 6.07) is 3.50. The molecular weight excluding hydrogens is 236 g/mol. The number of hydrogen-bond acceptors (Lipinski definition) is 3. The summed E-state index contributed by atoms with van der Waals surface area (Å²) in [4.78, 5) is 11.1. The maximum atomic E-state index is 11.1. The van der Waals surface area contributed by atoms with Crippen molar-refractivity contribution < 1.29 is 13.9 Å². The van der Waals surface area contributed by atoms with Gasteiger partial charge in [-0.1, -0.05) is 0 Å². The first kappa shape index (κ1) is 10.1. The first-order valence-corrected chi connectivity index (χ1v) is 4.61. The fourth-order valence-electron chi connectivity index (χ4n) is 0.757. The molecule has 0 radical (unpaired) electrons. The predicted octanol–water partition coefficient (Wildman–Crippen LogP) is 2.58. The second kappa shape index (κ2) is 4.87. The van der Waals surface area contributed by atoms with Crippen LogP contribution in [0.15, 0.2) is 27.3 Å². The Labute approximate surface area is 84.5 Å². The molecule has 1 rings (SSSR count). The zero-order valence-corrected chi connectivity index (χ0v) is 8.71. The molecule has 13 heavy (non-hydrogen) atoms. The van der Waals surface area contributed by atoms with Crippen LogP contribution in [0.5, 0.6) is 0 Å². The van der Waals surface area contributed by atoms with Gasteiger partial charge in [0, 0.05) is 6.08 Å². The van der Waals surface area contributed by atoms with Crippen LogP contribution in [0.1, 0.15) is 12.7 Å². The minimum absolute atomic E-state index is 0.351. The van der Waals surface area contributed by atoms with Gasteiger partial charge in [0.05, 0.1) is 12.9 Å². The monoisotopic (exact) mass is 244 g/mol. The second-order valence-electron chi connectivity index (χ2n) is 2.23. The lowest BCUT2D eigenvalue weighted by molar-refractivity contribution is -0.137. The highest BCUT2D eigenvalue weighted by atomic mass is 79.9. The van der Waals surface area contributed by atoms with Gasteiger partial charge in [-0.05, 0) is 35.0 Å². The highest BCUT2D eigenvalue weighted by molar-refractivity contribution is 9.12. The number of furan rings is 1. The van der Waals surface area contributed by atoms with Gasteiger partial charge in [-0.25, -0.2) is 4.79 Å². The predicted molar refractivity (Wildman–Crippen MR) is 52.2 cm³/mol. The maximum absolute atomic E-state index is 11.1. The van der Waals surface area contributed by atoms with E-state index in [0.29, 0.717) is 16.8 Å². The van der Waals surface area contributed by atoms with E-state index in [9.17, 15) is 4.79 Å². The summed E-state index contributed by atoms with van der Waals surface area (Å²) in [5, 5.41) is 0. The molecule has 1 heterocycles. The van der Waals surface area contributed by atoms with E-state index in [1.54, 1.807) is 25.1 Å². The van der Waals surface area contributed by atoms with E-state index in [-0.39, 0.29) is 5.97 Å². The zero-order chi connectivity index (χ0) is 9.68. The Bertz CT molecular complexity index is 301. The van der Waals surface area contributed by atoms with Crippen molar-refractivity contribution in [2.75, 3.05) is 6.61 Å². The third kappa shape index (κ3) is 3.06. The number of rotatable bonds is 3. The number of carbonyl (C=O) groups excluding carboxylic acids is 1. The number of halogens is 1. The molecular formula is C9H9BrO3. The van der Waals surface area contributed by atoms with Gasteiger partial charge in [-0.15, -0.1) is 0 Å². The Hall–Kier alpha value is -1.03. The lowest BCUT2D eigenvalue weighted by atomic mass is 10.4. The van der Waals surface area contributed by atoms with Crippen molar-refractivity contribution in [1.82, 2.24) is 0 Å². The average molecular weight is 245 g/mol. The number of ether oxygens (including phenoxy) is 1. The quantitative estimate of drug-likeness (QED) is 0.606. The van der Waals surface area contributed by atoms with Crippen molar-refractivity contribution in [2.45, 2.75) is 6.92 Å². The molecule has 4 heteroatoms. The Balaban J connectivity index is 2.66. The highest BCUT2D eigenvalue weighted by Crippen LogP contribution is 2.13. The molecule has 0 aliphatic rings. The molecule has 0 unspecified atom stereocenters. The number of hydrogen-bond donors (Lipinski definition) is 0. The van der Waals surface area contributed by atoms with Crippen molar-refractivity contribution in [2.24, 2.45) is 0 Å². The van der Waals surface area contributed by atoms with E-state index in [4.69, 9.17) is 9.15 Å². The third-order valence-corrected chi connectivity index (χ3v) is 1.84. The molecule has 0 aromatic carbocycles. The average Bonchev–Trinajstić information content (AvgIpc) is 2.57. The topological polar surface area (TPSA) is 39.4 Å². The van der Waals surface area contributed by atoms with Crippen molar-refractivity contribution >= 4 is 28.0 Å². The zero-order valence-electron chi connectivity index (χ0n) is 7.12. The standard InChI is InChI=1S/C9H9BrO3/c1-2-12-9(11)8(10)6-7-4-3-5-13-7/h3-6H,2H2,1H3/b8-6-. The van der Waals surface area contributed by atoms with E-state index in [0.717, 1.165) is 0 Å². The number of esters is 1. The summed E-state index contributed by atoms with van der Waals surface area (Å²) in [5.74, 6) is 0.221. The van der Waals surface area contributed by atoms with Crippen LogP contribution in [0.3, 0.4) is 0 Å². The van der Waals surface area contributed by atoms with Crippen LogP contribution < -0.4 is 0 Å². The van der Waals surface area contributed by atoms with Gasteiger partial charge in [0.25, 0.3) is 0 Å². The normalized spacial score (nSPS) is 11.4. The maximum Gasteiger partial charge on any atom is 0.345 e. The van der Waals surface area contributed by atoms with Gasteiger partial charge in [-0.2, -0.15) is 0 Å². The molecule has 0 N–H and O–H groups in total. The minimum Gasteiger partial charge on any atom is -0.465 e. The highest BCUT2D eigenvalue weighted by Gasteiger charge is 2.06. The van der Waals surface area contributed by atoms with Crippen molar-refractivity contribution in [3.05, 3.63) is 28.6 Å². The smallest absolute Gasteiger partial charge is 0.345 e. The van der Waals surface area contributed by atoms with Crippen LogP contribution in [0.4, 0.5) is 0 Å². The first-order chi connectivity index (χ1) is 6.24. The molecule has 70 valence electrons. The largest absolute Gasteiger partial charge is 0.465 e. The van der Waals surface area contributed by atoms with E-state index in [1.807, 2.05) is 0 Å². The summed E-state index contributed by atoms with van der Waals surface area (Å²) in [5.41, 5.74) is 0. The van der Waals surface area contributed by atoms with Crippen molar-refractivity contribution in [1.29, 1.82) is 0 Å². The molecule has 0 amide bonds. The fourth-order valence-corrected chi connectivity index (χ4v) is 1.10. The lowest BCUT2D eigenvalue weighted by Gasteiger charge is -1.98. The molecule has 0 aliphatic heterocycles. The number of carbonyl (C=O) groups is 1.